The van der Waals surface area contributed by atoms with Gasteiger partial charge in [0.25, 0.3) is 0 Å². The SMILES string of the molecule is C[C@H](Cc1ccc(OCc2ccccc2)cc1)N(C)C(=O)O. The van der Waals surface area contributed by atoms with Gasteiger partial charge in [-0.3, -0.25) is 0 Å². The van der Waals surface area contributed by atoms with Crippen molar-refractivity contribution in [1.82, 2.24) is 4.90 Å². The van der Waals surface area contributed by atoms with Crippen LogP contribution in [0.1, 0.15) is 18.1 Å². The van der Waals surface area contributed by atoms with E-state index in [1.165, 1.54) is 4.90 Å². The first kappa shape index (κ1) is 15.9. The molecule has 0 aromatic heterocycles. The first-order valence-corrected chi connectivity index (χ1v) is 7.27. The van der Waals surface area contributed by atoms with E-state index in [0.29, 0.717) is 13.0 Å². The number of hydrogen-bond donors (Lipinski definition) is 1. The molecule has 116 valence electrons. The predicted octanol–water partition coefficient (Wildman–Crippen LogP) is 3.81. The quantitative estimate of drug-likeness (QED) is 0.882. The monoisotopic (exact) mass is 299 g/mol. The van der Waals surface area contributed by atoms with Gasteiger partial charge in [-0.2, -0.15) is 0 Å². The Kier molecular flexibility index (Phi) is 5.42. The molecule has 2 aromatic rings. The van der Waals surface area contributed by atoms with Gasteiger partial charge in [0.05, 0.1) is 0 Å². The maximum atomic E-state index is 10.9. The van der Waals surface area contributed by atoms with Gasteiger partial charge in [0.15, 0.2) is 0 Å². The molecule has 4 nitrogen and oxygen atoms in total. The van der Waals surface area contributed by atoms with Gasteiger partial charge in [0.1, 0.15) is 12.4 Å². The van der Waals surface area contributed by atoms with E-state index in [0.717, 1.165) is 16.9 Å². The van der Waals surface area contributed by atoms with Gasteiger partial charge in [-0.05, 0) is 36.6 Å². The molecule has 0 aliphatic heterocycles. The topological polar surface area (TPSA) is 49.8 Å². The van der Waals surface area contributed by atoms with Crippen LogP contribution in [0.25, 0.3) is 0 Å². The predicted molar refractivity (Wildman–Crippen MR) is 86.2 cm³/mol. The number of likely N-dealkylation sites (N-methyl/N-ethyl adjacent to an activating group) is 1. The molecule has 1 N–H and O–H groups in total. The Balaban J connectivity index is 1.89. The van der Waals surface area contributed by atoms with E-state index in [2.05, 4.69) is 0 Å². The highest BCUT2D eigenvalue weighted by Crippen LogP contribution is 2.16. The lowest BCUT2D eigenvalue weighted by molar-refractivity contribution is 0.141. The van der Waals surface area contributed by atoms with Crippen LogP contribution in [0.2, 0.25) is 0 Å². The summed E-state index contributed by atoms with van der Waals surface area (Å²) in [5, 5.41) is 8.96. The number of ether oxygens (including phenoxy) is 1. The molecule has 0 bridgehead atoms. The third-order valence-electron chi connectivity index (χ3n) is 3.67. The second-order valence-electron chi connectivity index (χ2n) is 5.36. The minimum atomic E-state index is -0.907. The molecular weight excluding hydrogens is 278 g/mol. The Morgan fingerprint density at radius 1 is 1.09 bits per heavy atom. The molecule has 0 fully saturated rings. The number of benzene rings is 2. The maximum absolute atomic E-state index is 10.9. The largest absolute Gasteiger partial charge is 0.489 e. The van der Waals surface area contributed by atoms with Crippen LogP contribution in [0.5, 0.6) is 5.75 Å². The molecule has 0 heterocycles. The maximum Gasteiger partial charge on any atom is 0.407 e. The molecule has 0 spiro atoms. The third-order valence-corrected chi connectivity index (χ3v) is 3.67. The summed E-state index contributed by atoms with van der Waals surface area (Å²) in [5.41, 5.74) is 2.22. The average Bonchev–Trinajstić information content (AvgIpc) is 2.54. The summed E-state index contributed by atoms with van der Waals surface area (Å²) in [5.74, 6) is 0.812. The molecule has 0 radical (unpaired) electrons. The number of hydrogen-bond acceptors (Lipinski definition) is 2. The van der Waals surface area contributed by atoms with Gasteiger partial charge in [-0.1, -0.05) is 42.5 Å². The lowest BCUT2D eigenvalue weighted by Crippen LogP contribution is -2.35. The van der Waals surface area contributed by atoms with Crippen molar-refractivity contribution in [1.29, 1.82) is 0 Å². The molecular formula is C18H21NO3. The van der Waals surface area contributed by atoms with Crippen molar-refractivity contribution in [3.63, 3.8) is 0 Å². The van der Waals surface area contributed by atoms with E-state index >= 15 is 0 Å². The normalized spacial score (nSPS) is 11.7. The molecule has 22 heavy (non-hydrogen) atoms. The zero-order valence-corrected chi connectivity index (χ0v) is 12.9. The fourth-order valence-corrected chi connectivity index (χ4v) is 2.13. The van der Waals surface area contributed by atoms with Crippen LogP contribution in [-0.4, -0.2) is 29.2 Å². The first-order chi connectivity index (χ1) is 10.6. The van der Waals surface area contributed by atoms with E-state index < -0.39 is 6.09 Å². The molecule has 2 aromatic carbocycles. The van der Waals surface area contributed by atoms with Gasteiger partial charge >= 0.3 is 6.09 Å². The zero-order chi connectivity index (χ0) is 15.9. The molecule has 2 rings (SSSR count). The number of carboxylic acid groups (broad SMARTS) is 1. The van der Waals surface area contributed by atoms with Gasteiger partial charge in [-0.25, -0.2) is 4.79 Å². The molecule has 0 aliphatic carbocycles. The summed E-state index contributed by atoms with van der Waals surface area (Å²) in [4.78, 5) is 12.2. The summed E-state index contributed by atoms with van der Waals surface area (Å²) < 4.78 is 5.73. The molecule has 1 atom stereocenters. The van der Waals surface area contributed by atoms with Crippen LogP contribution in [-0.2, 0) is 13.0 Å². The molecule has 0 unspecified atom stereocenters. The van der Waals surface area contributed by atoms with Crippen molar-refractivity contribution in [2.75, 3.05) is 7.05 Å². The molecule has 0 aliphatic rings. The highest BCUT2D eigenvalue weighted by atomic mass is 16.5. The molecule has 4 heteroatoms. The fourth-order valence-electron chi connectivity index (χ4n) is 2.13. The van der Waals surface area contributed by atoms with Crippen molar-refractivity contribution >= 4 is 6.09 Å². The number of carbonyl (C=O) groups is 1. The van der Waals surface area contributed by atoms with E-state index in [-0.39, 0.29) is 6.04 Å². The van der Waals surface area contributed by atoms with Crippen molar-refractivity contribution in [2.24, 2.45) is 0 Å². The number of nitrogens with zero attached hydrogens (tertiary/aromatic N) is 1. The summed E-state index contributed by atoms with van der Waals surface area (Å²) in [6.45, 7) is 2.44. The Bertz CT molecular complexity index is 595. The number of rotatable bonds is 6. The van der Waals surface area contributed by atoms with Gasteiger partial charge in [0.2, 0.25) is 0 Å². The van der Waals surface area contributed by atoms with Crippen molar-refractivity contribution in [2.45, 2.75) is 26.0 Å². The van der Waals surface area contributed by atoms with Crippen molar-refractivity contribution < 1.29 is 14.6 Å². The zero-order valence-electron chi connectivity index (χ0n) is 12.9. The Labute approximate surface area is 131 Å². The summed E-state index contributed by atoms with van der Waals surface area (Å²) in [7, 11) is 1.59. The van der Waals surface area contributed by atoms with E-state index in [9.17, 15) is 4.79 Å². The lowest BCUT2D eigenvalue weighted by atomic mass is 10.1. The van der Waals surface area contributed by atoms with Crippen LogP contribution in [0.3, 0.4) is 0 Å². The third kappa shape index (κ3) is 4.52. The van der Waals surface area contributed by atoms with Crippen LogP contribution in [0.4, 0.5) is 4.79 Å². The lowest BCUT2D eigenvalue weighted by Gasteiger charge is -2.21. The summed E-state index contributed by atoms with van der Waals surface area (Å²) in [6.07, 6.45) is -0.225. The second kappa shape index (κ2) is 7.50. The first-order valence-electron chi connectivity index (χ1n) is 7.27. The molecule has 0 saturated heterocycles. The van der Waals surface area contributed by atoms with Crippen LogP contribution in [0.15, 0.2) is 54.6 Å². The summed E-state index contributed by atoms with van der Waals surface area (Å²) in [6, 6.07) is 17.7. The second-order valence-corrected chi connectivity index (χ2v) is 5.36. The standard InChI is InChI=1S/C18H21NO3/c1-14(19(2)18(20)21)12-15-8-10-17(11-9-15)22-13-16-6-4-3-5-7-16/h3-11,14H,12-13H2,1-2H3,(H,20,21)/t14-/m1/s1. The van der Waals surface area contributed by atoms with Crippen molar-refractivity contribution in [3.8, 4) is 5.75 Å². The summed E-state index contributed by atoms with van der Waals surface area (Å²) >= 11 is 0. The highest BCUT2D eigenvalue weighted by molar-refractivity contribution is 5.64. The molecule has 0 saturated carbocycles. The number of amides is 1. The van der Waals surface area contributed by atoms with Gasteiger partial charge in [-0.15, -0.1) is 0 Å². The van der Waals surface area contributed by atoms with Crippen LogP contribution in [0, 0.1) is 0 Å². The molecule has 1 amide bonds. The Morgan fingerprint density at radius 3 is 2.32 bits per heavy atom. The minimum Gasteiger partial charge on any atom is -0.489 e. The Morgan fingerprint density at radius 2 is 1.73 bits per heavy atom. The van der Waals surface area contributed by atoms with Gasteiger partial charge in [0, 0.05) is 13.1 Å². The smallest absolute Gasteiger partial charge is 0.407 e. The fraction of sp³-hybridized carbons (Fsp3) is 0.278. The van der Waals surface area contributed by atoms with Crippen LogP contribution >= 0.6 is 0 Å². The van der Waals surface area contributed by atoms with E-state index in [4.69, 9.17) is 9.84 Å². The average molecular weight is 299 g/mol. The Hall–Kier alpha value is -2.49. The van der Waals surface area contributed by atoms with Crippen LogP contribution < -0.4 is 4.74 Å². The highest BCUT2D eigenvalue weighted by Gasteiger charge is 2.14. The van der Waals surface area contributed by atoms with Gasteiger partial charge < -0.3 is 14.7 Å². The van der Waals surface area contributed by atoms with E-state index in [1.807, 2.05) is 61.5 Å². The van der Waals surface area contributed by atoms with E-state index in [1.54, 1.807) is 7.05 Å². The van der Waals surface area contributed by atoms with Crippen molar-refractivity contribution in [3.05, 3.63) is 65.7 Å². The minimum absolute atomic E-state index is 0.0615.